The minimum atomic E-state index is -3.79. The molecule has 0 amide bonds. The summed E-state index contributed by atoms with van der Waals surface area (Å²) in [5.74, 6) is 0.833. The van der Waals surface area contributed by atoms with Crippen molar-refractivity contribution in [1.82, 2.24) is 0 Å². The van der Waals surface area contributed by atoms with E-state index >= 15 is 0 Å². The zero-order valence-corrected chi connectivity index (χ0v) is 19.0. The molecule has 1 aliphatic rings. The molecule has 0 saturated heterocycles. The molecule has 9 heteroatoms. The first-order valence-electron chi connectivity index (χ1n) is 10.3. The third-order valence-electron chi connectivity index (χ3n) is 5.61. The number of sulfonamides is 1. The van der Waals surface area contributed by atoms with Gasteiger partial charge in [-0.05, 0) is 53.9 Å². The molecule has 0 saturated carbocycles. The van der Waals surface area contributed by atoms with Gasteiger partial charge in [0.1, 0.15) is 0 Å². The molecule has 1 aliphatic heterocycles. The highest BCUT2D eigenvalue weighted by atomic mass is 32.2. The molecule has 168 valence electrons. The van der Waals surface area contributed by atoms with Crippen molar-refractivity contribution < 1.29 is 12.8 Å². The Morgan fingerprint density at radius 3 is 2.61 bits per heavy atom. The first-order valence-corrected chi connectivity index (χ1v) is 11.8. The number of nitrogens with one attached hydrogen (secondary N) is 1. The van der Waals surface area contributed by atoms with Crippen LogP contribution in [0.2, 0.25) is 0 Å². The Morgan fingerprint density at radius 1 is 1.06 bits per heavy atom. The Hall–Kier alpha value is -3.98. The van der Waals surface area contributed by atoms with Gasteiger partial charge in [0.2, 0.25) is 11.8 Å². The van der Waals surface area contributed by atoms with E-state index in [0.717, 1.165) is 22.3 Å². The maximum Gasteiger partial charge on any atom is 0.262 e. The van der Waals surface area contributed by atoms with E-state index in [1.165, 1.54) is 0 Å². The lowest BCUT2D eigenvalue weighted by molar-refractivity contribution is 0.572. The summed E-state index contributed by atoms with van der Waals surface area (Å²) >= 11 is 0. The van der Waals surface area contributed by atoms with Crippen LogP contribution in [0.3, 0.4) is 0 Å². The second-order valence-corrected chi connectivity index (χ2v) is 9.67. The van der Waals surface area contributed by atoms with E-state index in [0.29, 0.717) is 29.5 Å². The largest absolute Gasteiger partial charge is 0.446 e. The summed E-state index contributed by atoms with van der Waals surface area (Å²) in [6.45, 7) is 0.525. The van der Waals surface area contributed by atoms with Crippen LogP contribution in [-0.2, 0) is 16.6 Å². The van der Waals surface area contributed by atoms with Crippen molar-refractivity contribution in [3.63, 3.8) is 0 Å². The van der Waals surface area contributed by atoms with Gasteiger partial charge in [0.25, 0.3) is 10.0 Å². The molecule has 3 aromatic carbocycles. The molecular formula is C24H23N5O3S. The van der Waals surface area contributed by atoms with Crippen LogP contribution < -0.4 is 20.3 Å². The van der Waals surface area contributed by atoms with Crippen LogP contribution in [0.5, 0.6) is 0 Å². The maximum atomic E-state index is 13.2. The lowest BCUT2D eigenvalue weighted by Gasteiger charge is -2.26. The van der Waals surface area contributed by atoms with E-state index in [1.54, 1.807) is 42.7 Å². The monoisotopic (exact) mass is 461 g/mol. The number of fused-ring (bicyclic) bond motifs is 2. The third kappa shape index (κ3) is 3.87. The molecule has 4 aromatic rings. The summed E-state index contributed by atoms with van der Waals surface area (Å²) in [6, 6.07) is 19.9. The molecule has 0 atom stereocenters. The lowest BCUT2D eigenvalue weighted by atomic mass is 10.1. The predicted molar refractivity (Wildman–Crippen MR) is 132 cm³/mol. The number of benzene rings is 3. The average Bonchev–Trinajstić information content (AvgIpc) is 3.25. The summed E-state index contributed by atoms with van der Waals surface area (Å²) < 4.78 is 34.4. The Bertz CT molecular complexity index is 1470. The van der Waals surface area contributed by atoms with Crippen molar-refractivity contribution in [2.75, 3.05) is 28.6 Å². The van der Waals surface area contributed by atoms with Crippen molar-refractivity contribution >= 4 is 49.7 Å². The van der Waals surface area contributed by atoms with Gasteiger partial charge in [-0.3, -0.25) is 4.72 Å². The normalized spacial score (nSPS) is 13.5. The third-order valence-corrected chi connectivity index (χ3v) is 7.05. The average molecular weight is 462 g/mol. The van der Waals surface area contributed by atoms with Gasteiger partial charge in [-0.25, -0.2) is 8.42 Å². The fourth-order valence-electron chi connectivity index (χ4n) is 3.86. The second-order valence-electron chi connectivity index (χ2n) is 8.02. The molecule has 0 bridgehead atoms. The highest BCUT2D eigenvalue weighted by Gasteiger charge is 2.22. The van der Waals surface area contributed by atoms with Crippen LogP contribution in [0.15, 0.2) is 87.3 Å². The number of hydrogen-bond donors (Lipinski definition) is 2. The Morgan fingerprint density at radius 2 is 1.85 bits per heavy atom. The van der Waals surface area contributed by atoms with E-state index in [9.17, 15) is 8.42 Å². The molecule has 0 unspecified atom stereocenters. The summed E-state index contributed by atoms with van der Waals surface area (Å²) in [5, 5.41) is 1.53. The second kappa shape index (κ2) is 7.86. The van der Waals surface area contributed by atoms with Crippen molar-refractivity contribution in [3.8, 4) is 0 Å². The number of aliphatic imine (C=N–C) groups is 1. The zero-order chi connectivity index (χ0) is 23.2. The number of furan rings is 1. The summed E-state index contributed by atoms with van der Waals surface area (Å²) in [4.78, 5) is 8.32. The van der Waals surface area contributed by atoms with Crippen LogP contribution in [0.4, 0.5) is 22.9 Å². The van der Waals surface area contributed by atoms with Crippen LogP contribution >= 0.6 is 0 Å². The Balaban J connectivity index is 1.40. The van der Waals surface area contributed by atoms with E-state index < -0.39 is 10.0 Å². The van der Waals surface area contributed by atoms with Gasteiger partial charge in [0, 0.05) is 42.1 Å². The standard InChI is InChI=1S/C24H23N5O3S/c1-28(2)20-10-11-21-16(14-20)4-3-5-22(21)33(30,31)27-18-6-8-19(9-7-18)29-15-17-12-13-32-23(17)26-24(29)25/h3-14,27H,15H2,1-2H3,(H2,25,26). The van der Waals surface area contributed by atoms with Crippen LogP contribution in [-0.4, -0.2) is 28.5 Å². The van der Waals surface area contributed by atoms with Gasteiger partial charge in [-0.15, -0.1) is 0 Å². The number of nitrogens with two attached hydrogens (primary N) is 1. The van der Waals surface area contributed by atoms with Gasteiger partial charge in [-0.2, -0.15) is 4.99 Å². The van der Waals surface area contributed by atoms with Crippen LogP contribution in [0.1, 0.15) is 5.56 Å². The zero-order valence-electron chi connectivity index (χ0n) is 18.2. The van der Waals surface area contributed by atoms with Gasteiger partial charge < -0.3 is 20.0 Å². The molecular weight excluding hydrogens is 438 g/mol. The minimum Gasteiger partial charge on any atom is -0.446 e. The number of guanidine groups is 1. The molecule has 1 aromatic heterocycles. The van der Waals surface area contributed by atoms with E-state index in [2.05, 4.69) is 9.71 Å². The molecule has 2 heterocycles. The molecule has 8 nitrogen and oxygen atoms in total. The molecule has 33 heavy (non-hydrogen) atoms. The molecule has 0 fully saturated rings. The van der Waals surface area contributed by atoms with Gasteiger partial charge >= 0.3 is 0 Å². The first kappa shape index (κ1) is 20.9. The van der Waals surface area contributed by atoms with Crippen LogP contribution in [0.25, 0.3) is 10.8 Å². The highest BCUT2D eigenvalue weighted by Crippen LogP contribution is 2.31. The van der Waals surface area contributed by atoms with Crippen molar-refractivity contribution in [2.45, 2.75) is 11.4 Å². The summed E-state index contributed by atoms with van der Waals surface area (Å²) in [6.07, 6.45) is 1.58. The first-order chi connectivity index (χ1) is 15.8. The smallest absolute Gasteiger partial charge is 0.262 e. The van der Waals surface area contributed by atoms with Gasteiger partial charge in [0.15, 0.2) is 0 Å². The van der Waals surface area contributed by atoms with Gasteiger partial charge in [-0.1, -0.05) is 18.2 Å². The highest BCUT2D eigenvalue weighted by molar-refractivity contribution is 7.93. The quantitative estimate of drug-likeness (QED) is 0.460. The maximum absolute atomic E-state index is 13.2. The Labute approximate surface area is 192 Å². The van der Waals surface area contributed by atoms with Crippen molar-refractivity contribution in [3.05, 3.63) is 78.6 Å². The molecule has 0 aliphatic carbocycles. The Kier molecular flexibility index (Phi) is 4.98. The predicted octanol–water partition coefficient (Wildman–Crippen LogP) is 4.27. The summed E-state index contributed by atoms with van der Waals surface area (Å²) in [5.41, 5.74) is 9.27. The van der Waals surface area contributed by atoms with Gasteiger partial charge in [0.05, 0.1) is 17.7 Å². The molecule has 3 N–H and O–H groups in total. The number of rotatable bonds is 5. The fraction of sp³-hybridized carbons (Fsp3) is 0.125. The van der Waals surface area contributed by atoms with Crippen molar-refractivity contribution in [2.24, 2.45) is 10.7 Å². The van der Waals surface area contributed by atoms with E-state index in [-0.39, 0.29) is 4.90 Å². The summed E-state index contributed by atoms with van der Waals surface area (Å²) in [7, 11) is 0.106. The topological polar surface area (TPSA) is 104 Å². The van der Waals surface area contributed by atoms with Crippen molar-refractivity contribution in [1.29, 1.82) is 0 Å². The lowest BCUT2D eigenvalue weighted by Crippen LogP contribution is -2.38. The van der Waals surface area contributed by atoms with E-state index in [4.69, 9.17) is 10.2 Å². The number of anilines is 3. The molecule has 0 radical (unpaired) electrons. The minimum absolute atomic E-state index is 0.231. The van der Waals surface area contributed by atoms with Crippen LogP contribution in [0, 0.1) is 0 Å². The fourth-order valence-corrected chi connectivity index (χ4v) is 5.15. The molecule has 0 spiro atoms. The number of nitrogens with zero attached hydrogens (tertiary/aromatic N) is 3. The van der Waals surface area contributed by atoms with E-state index in [1.807, 2.05) is 54.2 Å². The SMILES string of the molecule is CN(C)c1ccc2c(S(=O)(=O)Nc3ccc(N4Cc5ccoc5N=C4N)cc3)cccc2c1. The molecule has 5 rings (SSSR count). The number of hydrogen-bond acceptors (Lipinski definition) is 7.